The molecule has 0 unspecified atom stereocenters. The molecule has 0 aromatic heterocycles. The van der Waals surface area contributed by atoms with Crippen LogP contribution in [0.1, 0.15) is 21.5 Å². The minimum atomic E-state index is -4.85. The number of carbonyl (C=O) groups excluding carboxylic acids is 1. The van der Waals surface area contributed by atoms with Gasteiger partial charge in [-0.3, -0.25) is 4.79 Å². The second-order valence-corrected chi connectivity index (χ2v) is 5.76. The van der Waals surface area contributed by atoms with Gasteiger partial charge >= 0.3 is 6.18 Å². The van der Waals surface area contributed by atoms with E-state index in [1.165, 1.54) is 24.3 Å². The topological polar surface area (TPSA) is 63.2 Å². The van der Waals surface area contributed by atoms with E-state index in [0.29, 0.717) is 12.1 Å². The molecule has 0 aliphatic heterocycles. The fourth-order valence-corrected chi connectivity index (χ4v) is 2.58. The molecular formula is C15H11F4NO3S. The predicted molar refractivity (Wildman–Crippen MR) is 77.6 cm³/mol. The van der Waals surface area contributed by atoms with Crippen LogP contribution >= 0.6 is 0 Å². The predicted octanol–water partition coefficient (Wildman–Crippen LogP) is 2.74. The zero-order valence-electron chi connectivity index (χ0n) is 11.9. The molecule has 0 heterocycles. The van der Waals surface area contributed by atoms with Gasteiger partial charge in [-0.05, 0) is 29.8 Å². The third-order valence-corrected chi connectivity index (χ3v) is 3.92. The maximum Gasteiger partial charge on any atom is 0.419 e. The van der Waals surface area contributed by atoms with Crippen LogP contribution in [0.15, 0.2) is 47.4 Å². The van der Waals surface area contributed by atoms with E-state index in [9.17, 15) is 30.8 Å². The SMILES string of the molecule is O=C(NCc1ccc(F)c(C(F)(F)F)c1)c1ccccc1[SH](=O)=O. The van der Waals surface area contributed by atoms with Gasteiger partial charge in [0.25, 0.3) is 5.91 Å². The molecule has 9 heteroatoms. The Hall–Kier alpha value is -2.42. The lowest BCUT2D eigenvalue weighted by Crippen LogP contribution is -2.24. The van der Waals surface area contributed by atoms with Crippen LogP contribution < -0.4 is 5.32 Å². The zero-order chi connectivity index (χ0) is 17.9. The van der Waals surface area contributed by atoms with Crippen molar-refractivity contribution in [3.63, 3.8) is 0 Å². The minimum absolute atomic E-state index is 0.0288. The Balaban J connectivity index is 2.19. The normalized spacial score (nSPS) is 11.5. The van der Waals surface area contributed by atoms with E-state index in [1.54, 1.807) is 0 Å². The van der Waals surface area contributed by atoms with Gasteiger partial charge in [0, 0.05) is 6.54 Å². The molecule has 4 nitrogen and oxygen atoms in total. The number of nitrogens with one attached hydrogen (secondary N) is 1. The number of amides is 1. The molecule has 0 saturated carbocycles. The van der Waals surface area contributed by atoms with Crippen molar-refractivity contribution in [2.75, 3.05) is 0 Å². The van der Waals surface area contributed by atoms with Crippen molar-refractivity contribution in [3.8, 4) is 0 Å². The molecule has 0 saturated heterocycles. The number of hydrogen-bond donors (Lipinski definition) is 2. The molecule has 2 aromatic rings. The van der Waals surface area contributed by atoms with Crippen LogP contribution in [0.3, 0.4) is 0 Å². The van der Waals surface area contributed by atoms with Crippen molar-refractivity contribution in [1.29, 1.82) is 0 Å². The number of benzene rings is 2. The molecule has 0 spiro atoms. The van der Waals surface area contributed by atoms with Gasteiger partial charge in [0.2, 0.25) is 0 Å². The quantitative estimate of drug-likeness (QED) is 0.650. The first kappa shape index (κ1) is 17.9. The lowest BCUT2D eigenvalue weighted by atomic mass is 10.1. The van der Waals surface area contributed by atoms with Gasteiger partial charge in [-0.1, -0.05) is 18.2 Å². The fourth-order valence-electron chi connectivity index (χ4n) is 2.00. The summed E-state index contributed by atoms with van der Waals surface area (Å²) in [6.07, 6.45) is -4.85. The van der Waals surface area contributed by atoms with Crippen LogP contribution in [0, 0.1) is 5.82 Å². The lowest BCUT2D eigenvalue weighted by Gasteiger charge is -2.11. The average Bonchev–Trinajstić information content (AvgIpc) is 2.52. The van der Waals surface area contributed by atoms with E-state index in [2.05, 4.69) is 5.32 Å². The van der Waals surface area contributed by atoms with Crippen molar-refractivity contribution in [3.05, 3.63) is 65.0 Å². The summed E-state index contributed by atoms with van der Waals surface area (Å²) in [6, 6.07) is 7.76. The van der Waals surface area contributed by atoms with Crippen LogP contribution in [0.2, 0.25) is 0 Å². The molecule has 0 fully saturated rings. The van der Waals surface area contributed by atoms with Gasteiger partial charge in [-0.25, -0.2) is 12.8 Å². The monoisotopic (exact) mass is 361 g/mol. The third-order valence-electron chi connectivity index (χ3n) is 3.13. The van der Waals surface area contributed by atoms with E-state index in [-0.39, 0.29) is 22.6 Å². The summed E-state index contributed by atoms with van der Waals surface area (Å²) in [6.45, 7) is -0.313. The molecule has 0 radical (unpaired) electrons. The molecule has 2 aromatic carbocycles. The first-order chi connectivity index (χ1) is 11.2. The average molecular weight is 361 g/mol. The Morgan fingerprint density at radius 3 is 2.38 bits per heavy atom. The Labute approximate surface area is 136 Å². The van der Waals surface area contributed by atoms with Crippen molar-refractivity contribution in [2.45, 2.75) is 17.6 Å². The largest absolute Gasteiger partial charge is 0.419 e. The van der Waals surface area contributed by atoms with Crippen LogP contribution in [0.4, 0.5) is 17.6 Å². The van der Waals surface area contributed by atoms with E-state index in [4.69, 9.17) is 0 Å². The number of hydrogen-bond acceptors (Lipinski definition) is 3. The summed E-state index contributed by atoms with van der Waals surface area (Å²) in [5, 5.41) is 2.31. The van der Waals surface area contributed by atoms with Crippen molar-refractivity contribution in [2.24, 2.45) is 0 Å². The Morgan fingerprint density at radius 2 is 1.75 bits per heavy atom. The highest BCUT2D eigenvalue weighted by atomic mass is 32.2. The summed E-state index contributed by atoms with van der Waals surface area (Å²) in [5.74, 6) is -2.17. The van der Waals surface area contributed by atoms with Crippen LogP contribution in [0.25, 0.3) is 0 Å². The van der Waals surface area contributed by atoms with Crippen molar-refractivity contribution in [1.82, 2.24) is 5.32 Å². The smallest absolute Gasteiger partial charge is 0.348 e. The van der Waals surface area contributed by atoms with Crippen molar-refractivity contribution < 1.29 is 30.8 Å². The fraction of sp³-hybridized carbons (Fsp3) is 0.133. The van der Waals surface area contributed by atoms with Gasteiger partial charge in [0.05, 0.1) is 16.0 Å². The highest BCUT2D eigenvalue weighted by Gasteiger charge is 2.34. The Kier molecular flexibility index (Phi) is 5.23. The second kappa shape index (κ2) is 7.00. The molecular weight excluding hydrogens is 350 g/mol. The summed E-state index contributed by atoms with van der Waals surface area (Å²) in [7, 11) is -3.00. The standard InChI is InChI=1S/C15H11F4NO3S/c16-12-6-5-9(7-11(12)15(17,18)19)8-20-14(21)10-3-1-2-4-13(10)24(22)23/h1-7,24H,8H2,(H,20,21). The summed E-state index contributed by atoms with van der Waals surface area (Å²) < 4.78 is 73.3. The molecule has 24 heavy (non-hydrogen) atoms. The van der Waals surface area contributed by atoms with Gasteiger partial charge in [0.15, 0.2) is 10.7 Å². The second-order valence-electron chi connectivity index (χ2n) is 4.77. The number of carbonyl (C=O) groups is 1. The van der Waals surface area contributed by atoms with E-state index in [0.717, 1.165) is 6.07 Å². The molecule has 128 valence electrons. The first-order valence-electron chi connectivity index (χ1n) is 6.57. The van der Waals surface area contributed by atoms with Gasteiger partial charge < -0.3 is 5.32 Å². The lowest BCUT2D eigenvalue weighted by molar-refractivity contribution is -0.140. The molecule has 0 atom stereocenters. The molecule has 0 bridgehead atoms. The first-order valence-corrected chi connectivity index (χ1v) is 7.75. The highest BCUT2D eigenvalue weighted by molar-refractivity contribution is 7.72. The summed E-state index contributed by atoms with van der Waals surface area (Å²) >= 11 is 0. The van der Waals surface area contributed by atoms with E-state index >= 15 is 0 Å². The number of rotatable bonds is 4. The summed E-state index contributed by atoms with van der Waals surface area (Å²) in [4.78, 5) is 11.8. The number of halogens is 4. The number of alkyl halides is 3. The third kappa shape index (κ3) is 4.10. The van der Waals surface area contributed by atoms with Crippen molar-refractivity contribution >= 4 is 16.6 Å². The van der Waals surface area contributed by atoms with Crippen LogP contribution in [-0.2, 0) is 23.4 Å². The van der Waals surface area contributed by atoms with Crippen LogP contribution in [-0.4, -0.2) is 14.3 Å². The van der Waals surface area contributed by atoms with Gasteiger partial charge in [0.1, 0.15) is 5.82 Å². The Morgan fingerprint density at radius 1 is 1.08 bits per heavy atom. The van der Waals surface area contributed by atoms with E-state index in [1.807, 2.05) is 0 Å². The molecule has 0 aliphatic carbocycles. The van der Waals surface area contributed by atoms with Crippen LogP contribution in [0.5, 0.6) is 0 Å². The molecule has 1 amide bonds. The molecule has 1 N–H and O–H groups in total. The minimum Gasteiger partial charge on any atom is -0.348 e. The maximum atomic E-state index is 13.2. The molecule has 0 aliphatic rings. The zero-order valence-corrected chi connectivity index (χ0v) is 12.8. The molecule has 2 rings (SSSR count). The van der Waals surface area contributed by atoms with Gasteiger partial charge in [-0.15, -0.1) is 0 Å². The van der Waals surface area contributed by atoms with Gasteiger partial charge in [-0.2, -0.15) is 13.2 Å². The summed E-state index contributed by atoms with van der Waals surface area (Å²) in [5.41, 5.74) is -1.52. The maximum absolute atomic E-state index is 13.2. The Bertz CT molecular complexity index is 839. The highest BCUT2D eigenvalue weighted by Crippen LogP contribution is 2.31. The van der Waals surface area contributed by atoms with E-state index < -0.39 is 34.2 Å². The number of thiol groups is 1.